The lowest BCUT2D eigenvalue weighted by Gasteiger charge is -2.56. The van der Waals surface area contributed by atoms with E-state index in [-0.39, 0.29) is 17.4 Å². The van der Waals surface area contributed by atoms with Crippen LogP contribution in [-0.2, 0) is 4.79 Å². The molecule has 0 aromatic rings. The van der Waals surface area contributed by atoms with Gasteiger partial charge in [-0.3, -0.25) is 4.79 Å². The summed E-state index contributed by atoms with van der Waals surface area (Å²) in [6.45, 7) is 0. The van der Waals surface area contributed by atoms with Crippen LogP contribution in [0.25, 0.3) is 0 Å². The van der Waals surface area contributed by atoms with Crippen LogP contribution in [0, 0.1) is 17.8 Å². The van der Waals surface area contributed by atoms with Gasteiger partial charge in [-0.25, -0.2) is 0 Å². The summed E-state index contributed by atoms with van der Waals surface area (Å²) in [7, 11) is 0. The van der Waals surface area contributed by atoms with Crippen LogP contribution >= 0.6 is 0 Å². The van der Waals surface area contributed by atoms with Gasteiger partial charge in [-0.1, -0.05) is 11.6 Å². The number of hydrogen-bond donors (Lipinski definition) is 3. The van der Waals surface area contributed by atoms with E-state index in [4.69, 9.17) is 11.5 Å². The molecule has 0 spiro atoms. The van der Waals surface area contributed by atoms with Gasteiger partial charge in [-0.15, -0.1) is 0 Å². The molecule has 3 fully saturated rings. The first-order valence-electron chi connectivity index (χ1n) is 8.44. The zero-order chi connectivity index (χ0) is 14.8. The van der Waals surface area contributed by atoms with E-state index in [0.717, 1.165) is 44.9 Å². The maximum Gasteiger partial charge on any atom is 0.152 e. The fraction of sp³-hybridized carbons (Fsp3) is 0.824. The molecule has 4 rings (SSSR count). The molecule has 3 saturated carbocycles. The van der Waals surface area contributed by atoms with E-state index in [9.17, 15) is 9.90 Å². The quantitative estimate of drug-likeness (QED) is 0.586. The molecule has 4 aliphatic rings. The van der Waals surface area contributed by atoms with Crippen LogP contribution in [0.1, 0.15) is 51.4 Å². The standard InChI is InChI=1S/C17H26N2O2/c18-16-7-5-11(20)9-10(16)1-2-12-13-3-4-15(21)17(13,19)8-6-14(12)16/h1,11-14,20H,2-9,18-19H2. The van der Waals surface area contributed by atoms with E-state index in [0.29, 0.717) is 24.2 Å². The predicted molar refractivity (Wildman–Crippen MR) is 80.3 cm³/mol. The normalized spacial score (nSPS) is 52.7. The Morgan fingerprint density at radius 2 is 1.81 bits per heavy atom. The third-order valence-electron chi connectivity index (χ3n) is 7.01. The molecule has 0 aromatic heterocycles. The van der Waals surface area contributed by atoms with Crippen molar-refractivity contribution in [1.82, 2.24) is 0 Å². The Morgan fingerprint density at radius 1 is 1.10 bits per heavy atom. The predicted octanol–water partition coefficient (Wildman–Crippen LogP) is 1.26. The number of aliphatic hydroxyl groups excluding tert-OH is 1. The van der Waals surface area contributed by atoms with Crippen molar-refractivity contribution in [2.24, 2.45) is 29.2 Å². The lowest BCUT2D eigenvalue weighted by atomic mass is 9.52. The average Bonchev–Trinajstić information content (AvgIpc) is 2.76. The van der Waals surface area contributed by atoms with Crippen LogP contribution < -0.4 is 11.5 Å². The Bertz CT molecular complexity index is 517. The molecule has 4 aliphatic carbocycles. The molecule has 116 valence electrons. The molecular formula is C17H26N2O2. The number of ketones is 1. The van der Waals surface area contributed by atoms with Crippen molar-refractivity contribution in [3.63, 3.8) is 0 Å². The topological polar surface area (TPSA) is 89.3 Å². The molecule has 0 amide bonds. The van der Waals surface area contributed by atoms with Crippen molar-refractivity contribution >= 4 is 5.78 Å². The number of hydrogen-bond acceptors (Lipinski definition) is 4. The van der Waals surface area contributed by atoms with Crippen LogP contribution in [0.4, 0.5) is 0 Å². The van der Waals surface area contributed by atoms with Crippen molar-refractivity contribution in [3.8, 4) is 0 Å². The molecule has 6 unspecified atom stereocenters. The molecule has 5 N–H and O–H groups in total. The van der Waals surface area contributed by atoms with E-state index < -0.39 is 5.54 Å². The molecule has 21 heavy (non-hydrogen) atoms. The summed E-state index contributed by atoms with van der Waals surface area (Å²) in [5, 5.41) is 9.92. The van der Waals surface area contributed by atoms with Crippen molar-refractivity contribution < 1.29 is 9.90 Å². The van der Waals surface area contributed by atoms with Crippen LogP contribution in [-0.4, -0.2) is 28.1 Å². The largest absolute Gasteiger partial charge is 0.393 e. The summed E-state index contributed by atoms with van der Waals surface area (Å²) in [6, 6.07) is 0. The summed E-state index contributed by atoms with van der Waals surface area (Å²) < 4.78 is 0. The minimum absolute atomic E-state index is 0.227. The molecule has 0 aliphatic heterocycles. The van der Waals surface area contributed by atoms with Crippen LogP contribution in [0.3, 0.4) is 0 Å². The fourth-order valence-electron chi connectivity index (χ4n) is 5.85. The number of carbonyl (C=O) groups excluding carboxylic acids is 1. The molecule has 0 bridgehead atoms. The molecule has 0 saturated heterocycles. The van der Waals surface area contributed by atoms with Gasteiger partial charge in [-0.05, 0) is 62.7 Å². The monoisotopic (exact) mass is 290 g/mol. The fourth-order valence-corrected chi connectivity index (χ4v) is 5.85. The highest BCUT2D eigenvalue weighted by Crippen LogP contribution is 2.56. The Hall–Kier alpha value is -0.710. The second-order valence-electron chi connectivity index (χ2n) is 7.82. The van der Waals surface area contributed by atoms with E-state index in [1.807, 2.05) is 0 Å². The molecule has 0 radical (unpaired) electrons. The first kappa shape index (κ1) is 13.9. The van der Waals surface area contributed by atoms with Crippen molar-refractivity contribution in [2.75, 3.05) is 0 Å². The highest BCUT2D eigenvalue weighted by molar-refractivity contribution is 5.91. The maximum absolute atomic E-state index is 12.2. The van der Waals surface area contributed by atoms with Gasteiger partial charge in [0.2, 0.25) is 0 Å². The second-order valence-corrected chi connectivity index (χ2v) is 7.82. The van der Waals surface area contributed by atoms with Gasteiger partial charge in [0.25, 0.3) is 0 Å². The number of aliphatic hydroxyl groups is 1. The van der Waals surface area contributed by atoms with Crippen molar-refractivity contribution in [3.05, 3.63) is 11.6 Å². The first-order valence-corrected chi connectivity index (χ1v) is 8.44. The van der Waals surface area contributed by atoms with Gasteiger partial charge in [0.15, 0.2) is 5.78 Å². The number of allylic oxidation sites excluding steroid dienone is 1. The Morgan fingerprint density at radius 3 is 2.62 bits per heavy atom. The second kappa shape index (κ2) is 4.40. The van der Waals surface area contributed by atoms with Gasteiger partial charge in [-0.2, -0.15) is 0 Å². The minimum atomic E-state index is -0.572. The van der Waals surface area contributed by atoms with Gasteiger partial charge in [0.05, 0.1) is 11.6 Å². The third kappa shape index (κ3) is 1.76. The van der Waals surface area contributed by atoms with E-state index in [1.165, 1.54) is 5.57 Å². The Kier molecular flexibility index (Phi) is 2.92. The zero-order valence-corrected chi connectivity index (χ0v) is 12.6. The molecule has 0 aromatic carbocycles. The van der Waals surface area contributed by atoms with Crippen molar-refractivity contribution in [1.29, 1.82) is 0 Å². The lowest BCUT2D eigenvalue weighted by molar-refractivity contribution is -0.125. The van der Waals surface area contributed by atoms with Gasteiger partial charge < -0.3 is 16.6 Å². The zero-order valence-electron chi connectivity index (χ0n) is 12.6. The number of rotatable bonds is 0. The Labute approximate surface area is 126 Å². The van der Waals surface area contributed by atoms with Gasteiger partial charge >= 0.3 is 0 Å². The summed E-state index contributed by atoms with van der Waals surface area (Å²) >= 11 is 0. The SMILES string of the molecule is NC12CCC3C(CC=C4CC(O)CCC43N)C1CCC2=O. The van der Waals surface area contributed by atoms with Crippen LogP contribution in [0.2, 0.25) is 0 Å². The van der Waals surface area contributed by atoms with Gasteiger partial charge in [0.1, 0.15) is 0 Å². The number of Topliss-reactive ketones (excluding diaryl/α,β-unsaturated/α-hetero) is 1. The molecular weight excluding hydrogens is 264 g/mol. The first-order chi connectivity index (χ1) is 9.95. The number of fused-ring (bicyclic) bond motifs is 5. The summed E-state index contributed by atoms with van der Waals surface area (Å²) in [5.74, 6) is 1.48. The summed E-state index contributed by atoms with van der Waals surface area (Å²) in [4.78, 5) is 12.2. The highest BCUT2D eigenvalue weighted by atomic mass is 16.3. The number of carbonyl (C=O) groups is 1. The van der Waals surface area contributed by atoms with Crippen molar-refractivity contribution in [2.45, 2.75) is 68.5 Å². The average molecular weight is 290 g/mol. The van der Waals surface area contributed by atoms with Gasteiger partial charge in [0, 0.05) is 12.0 Å². The smallest absolute Gasteiger partial charge is 0.152 e. The molecule has 4 heteroatoms. The Balaban J connectivity index is 1.69. The highest BCUT2D eigenvalue weighted by Gasteiger charge is 2.59. The summed E-state index contributed by atoms with van der Waals surface area (Å²) in [6.07, 6.45) is 8.79. The molecule has 6 atom stereocenters. The number of nitrogens with two attached hydrogens (primary N) is 2. The van der Waals surface area contributed by atoms with E-state index in [1.54, 1.807) is 0 Å². The van der Waals surface area contributed by atoms with Crippen LogP contribution in [0.5, 0.6) is 0 Å². The summed E-state index contributed by atoms with van der Waals surface area (Å²) in [5.41, 5.74) is 13.8. The molecule has 0 heterocycles. The minimum Gasteiger partial charge on any atom is -0.393 e. The maximum atomic E-state index is 12.2. The lowest BCUT2D eigenvalue weighted by Crippen LogP contribution is -2.64. The van der Waals surface area contributed by atoms with E-state index >= 15 is 0 Å². The van der Waals surface area contributed by atoms with Crippen LogP contribution in [0.15, 0.2) is 11.6 Å². The third-order valence-corrected chi connectivity index (χ3v) is 7.01. The van der Waals surface area contributed by atoms with E-state index in [2.05, 4.69) is 6.08 Å². The molecule has 4 nitrogen and oxygen atoms in total.